The van der Waals surface area contributed by atoms with Crippen LogP contribution >= 0.6 is 27.5 Å². The van der Waals surface area contributed by atoms with Crippen molar-refractivity contribution in [2.45, 2.75) is 25.8 Å². The molecule has 18 heavy (non-hydrogen) atoms. The van der Waals surface area contributed by atoms with E-state index in [-0.39, 0.29) is 5.82 Å². The first-order chi connectivity index (χ1) is 8.63. The zero-order valence-corrected chi connectivity index (χ0v) is 12.3. The summed E-state index contributed by atoms with van der Waals surface area (Å²) in [6.07, 6.45) is 1.78. The zero-order valence-electron chi connectivity index (χ0n) is 9.86. The molecule has 0 amide bonds. The van der Waals surface area contributed by atoms with E-state index in [0.717, 1.165) is 27.9 Å². The maximum Gasteiger partial charge on any atom is 0.128 e. The highest BCUT2D eigenvalue weighted by molar-refractivity contribution is 9.10. The standard InChI is InChI=1S/C12H13BrFN3S/c1-2-3-10-12(18-17-16-10)11(15)8-6-7(13)4-5-9(8)14/h4-6,11H,2-3,15H2,1H3. The van der Waals surface area contributed by atoms with Crippen molar-refractivity contribution < 1.29 is 4.39 Å². The quantitative estimate of drug-likeness (QED) is 0.934. The van der Waals surface area contributed by atoms with E-state index < -0.39 is 6.04 Å². The van der Waals surface area contributed by atoms with Crippen LogP contribution in [-0.2, 0) is 6.42 Å². The molecule has 0 bridgehead atoms. The molecule has 2 rings (SSSR count). The molecule has 0 radical (unpaired) electrons. The van der Waals surface area contributed by atoms with E-state index >= 15 is 0 Å². The highest BCUT2D eigenvalue weighted by atomic mass is 79.9. The molecule has 1 aromatic heterocycles. The minimum Gasteiger partial charge on any atom is -0.319 e. The molecule has 1 heterocycles. The van der Waals surface area contributed by atoms with Crippen molar-refractivity contribution in [1.82, 2.24) is 9.59 Å². The minimum atomic E-state index is -0.510. The van der Waals surface area contributed by atoms with Crippen molar-refractivity contribution in [3.63, 3.8) is 0 Å². The summed E-state index contributed by atoms with van der Waals surface area (Å²) < 4.78 is 18.5. The second-order valence-electron chi connectivity index (χ2n) is 3.98. The number of hydrogen-bond acceptors (Lipinski definition) is 4. The fraction of sp³-hybridized carbons (Fsp3) is 0.333. The van der Waals surface area contributed by atoms with Gasteiger partial charge in [-0.2, -0.15) is 0 Å². The zero-order chi connectivity index (χ0) is 13.1. The summed E-state index contributed by atoms with van der Waals surface area (Å²) in [5.74, 6) is -0.304. The molecule has 96 valence electrons. The average Bonchev–Trinajstić information content (AvgIpc) is 2.80. The van der Waals surface area contributed by atoms with Gasteiger partial charge in [0.1, 0.15) is 5.82 Å². The number of nitrogens with two attached hydrogens (primary N) is 1. The molecule has 0 spiro atoms. The van der Waals surface area contributed by atoms with Gasteiger partial charge in [0.25, 0.3) is 0 Å². The van der Waals surface area contributed by atoms with Gasteiger partial charge in [0.2, 0.25) is 0 Å². The van der Waals surface area contributed by atoms with Gasteiger partial charge >= 0.3 is 0 Å². The minimum absolute atomic E-state index is 0.304. The van der Waals surface area contributed by atoms with Crippen molar-refractivity contribution in [3.8, 4) is 0 Å². The molecule has 0 saturated heterocycles. The van der Waals surface area contributed by atoms with E-state index in [1.165, 1.54) is 17.6 Å². The monoisotopic (exact) mass is 329 g/mol. The number of halogens is 2. The first kappa shape index (κ1) is 13.6. The summed E-state index contributed by atoms with van der Waals surface area (Å²) in [5.41, 5.74) is 7.47. The van der Waals surface area contributed by atoms with Crippen LogP contribution in [0.15, 0.2) is 22.7 Å². The summed E-state index contributed by atoms with van der Waals surface area (Å²) in [6, 6.07) is 4.26. The van der Waals surface area contributed by atoms with Gasteiger partial charge in [-0.3, -0.25) is 0 Å². The highest BCUT2D eigenvalue weighted by Crippen LogP contribution is 2.29. The Morgan fingerprint density at radius 2 is 2.28 bits per heavy atom. The van der Waals surface area contributed by atoms with Crippen molar-refractivity contribution in [1.29, 1.82) is 0 Å². The van der Waals surface area contributed by atoms with Crippen LogP contribution in [-0.4, -0.2) is 9.59 Å². The molecule has 3 nitrogen and oxygen atoms in total. The van der Waals surface area contributed by atoms with Gasteiger partial charge in [-0.25, -0.2) is 4.39 Å². The number of aromatic nitrogens is 2. The Kier molecular flexibility index (Phi) is 4.42. The fourth-order valence-corrected chi connectivity index (χ4v) is 2.85. The van der Waals surface area contributed by atoms with Crippen LogP contribution in [0.2, 0.25) is 0 Å². The van der Waals surface area contributed by atoms with Crippen molar-refractivity contribution in [2.24, 2.45) is 5.73 Å². The number of aryl methyl sites for hydroxylation is 1. The molecule has 1 atom stereocenters. The lowest BCUT2D eigenvalue weighted by atomic mass is 10.0. The molecule has 1 aromatic carbocycles. The summed E-state index contributed by atoms with van der Waals surface area (Å²) in [4.78, 5) is 0.842. The maximum absolute atomic E-state index is 13.8. The van der Waals surface area contributed by atoms with Gasteiger partial charge in [-0.15, -0.1) is 5.10 Å². The predicted molar refractivity (Wildman–Crippen MR) is 74.0 cm³/mol. The van der Waals surface area contributed by atoms with Crippen molar-refractivity contribution in [2.75, 3.05) is 0 Å². The topological polar surface area (TPSA) is 51.8 Å². The number of hydrogen-bond donors (Lipinski definition) is 1. The van der Waals surface area contributed by atoms with Crippen LogP contribution in [0.3, 0.4) is 0 Å². The number of benzene rings is 1. The third-order valence-corrected chi connectivity index (χ3v) is 3.99. The Labute approximate surface area is 118 Å². The van der Waals surface area contributed by atoms with Gasteiger partial charge in [0.15, 0.2) is 0 Å². The summed E-state index contributed by atoms with van der Waals surface area (Å²) in [6.45, 7) is 2.06. The molecule has 2 aromatic rings. The van der Waals surface area contributed by atoms with Gasteiger partial charge < -0.3 is 5.73 Å². The molecule has 0 fully saturated rings. The van der Waals surface area contributed by atoms with E-state index in [4.69, 9.17) is 5.73 Å². The van der Waals surface area contributed by atoms with E-state index in [9.17, 15) is 4.39 Å². The molecular weight excluding hydrogens is 317 g/mol. The lowest BCUT2D eigenvalue weighted by Gasteiger charge is -2.12. The van der Waals surface area contributed by atoms with Crippen LogP contribution in [0.1, 0.15) is 35.5 Å². The maximum atomic E-state index is 13.8. The average molecular weight is 330 g/mol. The number of nitrogens with zero attached hydrogens (tertiary/aromatic N) is 2. The van der Waals surface area contributed by atoms with E-state index in [1.54, 1.807) is 12.1 Å². The van der Waals surface area contributed by atoms with E-state index in [2.05, 4.69) is 32.4 Å². The highest BCUT2D eigenvalue weighted by Gasteiger charge is 2.20. The van der Waals surface area contributed by atoms with Crippen molar-refractivity contribution in [3.05, 3.63) is 44.6 Å². The fourth-order valence-electron chi connectivity index (χ4n) is 1.76. The Morgan fingerprint density at radius 3 is 3.00 bits per heavy atom. The Hall–Kier alpha value is -0.850. The number of rotatable bonds is 4. The third kappa shape index (κ3) is 2.76. The summed E-state index contributed by atoms with van der Waals surface area (Å²) >= 11 is 4.57. The second kappa shape index (κ2) is 5.86. The SMILES string of the molecule is CCCc1nnsc1C(N)c1cc(Br)ccc1F. The second-order valence-corrected chi connectivity index (χ2v) is 5.68. The molecule has 1 unspecified atom stereocenters. The predicted octanol–water partition coefficient (Wildman–Crippen LogP) is 3.44. The van der Waals surface area contributed by atoms with Gasteiger partial charge in [0, 0.05) is 10.0 Å². The molecular formula is C12H13BrFN3S. The molecule has 0 aliphatic carbocycles. The van der Waals surface area contributed by atoms with E-state index in [1.807, 2.05) is 0 Å². The lowest BCUT2D eigenvalue weighted by Crippen LogP contribution is -2.14. The normalized spacial score (nSPS) is 12.7. The third-order valence-electron chi connectivity index (χ3n) is 2.65. The summed E-state index contributed by atoms with van der Waals surface area (Å²) in [5, 5.41) is 4.06. The Morgan fingerprint density at radius 1 is 1.50 bits per heavy atom. The van der Waals surface area contributed by atoms with Crippen LogP contribution in [0.5, 0.6) is 0 Å². The first-order valence-corrected chi connectivity index (χ1v) is 7.21. The first-order valence-electron chi connectivity index (χ1n) is 5.65. The van der Waals surface area contributed by atoms with Crippen LogP contribution < -0.4 is 5.73 Å². The molecule has 0 aliphatic rings. The van der Waals surface area contributed by atoms with E-state index in [0.29, 0.717) is 5.56 Å². The van der Waals surface area contributed by atoms with Crippen LogP contribution in [0.25, 0.3) is 0 Å². The smallest absolute Gasteiger partial charge is 0.128 e. The Balaban J connectivity index is 2.38. The largest absolute Gasteiger partial charge is 0.319 e. The molecule has 6 heteroatoms. The molecule has 0 aliphatic heterocycles. The van der Waals surface area contributed by atoms with Gasteiger partial charge in [0.05, 0.1) is 16.6 Å². The van der Waals surface area contributed by atoms with Crippen molar-refractivity contribution >= 4 is 27.5 Å². The molecule has 0 saturated carbocycles. The molecule has 2 N–H and O–H groups in total. The van der Waals surface area contributed by atoms with Gasteiger partial charge in [-0.1, -0.05) is 33.8 Å². The van der Waals surface area contributed by atoms with Crippen LogP contribution in [0.4, 0.5) is 4.39 Å². The summed E-state index contributed by atoms with van der Waals surface area (Å²) in [7, 11) is 0. The lowest BCUT2D eigenvalue weighted by molar-refractivity contribution is 0.599. The van der Waals surface area contributed by atoms with Crippen LogP contribution in [0, 0.1) is 5.82 Å². The Bertz CT molecular complexity index is 544. The van der Waals surface area contributed by atoms with Gasteiger partial charge in [-0.05, 0) is 36.2 Å².